The van der Waals surface area contributed by atoms with E-state index in [1.54, 1.807) is 23.0 Å². The van der Waals surface area contributed by atoms with Crippen LogP contribution in [0, 0.1) is 13.8 Å². The summed E-state index contributed by atoms with van der Waals surface area (Å²) in [5.74, 6) is 0.766. The summed E-state index contributed by atoms with van der Waals surface area (Å²) in [5.41, 5.74) is -0.345. The molecule has 1 N–H and O–H groups in total. The number of aryl methyl sites for hydroxylation is 2. The molecule has 3 aromatic rings. The highest BCUT2D eigenvalue weighted by Crippen LogP contribution is 2.36. The maximum atomic E-state index is 12.3. The monoisotopic (exact) mass is 392 g/mol. The predicted molar refractivity (Wildman–Crippen MR) is 99.7 cm³/mol. The standard InChI is InChI=1S/C19H19F3N4S/c1-13-9-14(2)26(25-13)18-8-5-16(12-24-18)11-23-10-15-3-6-17(7-4-15)27-19(20,21)22/h3-9,12,23H,10-11H2,1-2H3. The number of nitrogens with zero attached hydrogens (tertiary/aromatic N) is 3. The quantitative estimate of drug-likeness (QED) is 0.613. The molecule has 4 nitrogen and oxygen atoms in total. The Morgan fingerprint density at radius 2 is 1.67 bits per heavy atom. The third-order valence-corrected chi connectivity index (χ3v) is 4.59. The third kappa shape index (κ3) is 5.58. The summed E-state index contributed by atoms with van der Waals surface area (Å²) in [5, 5.41) is 7.68. The van der Waals surface area contributed by atoms with E-state index in [0.717, 1.165) is 28.3 Å². The topological polar surface area (TPSA) is 42.7 Å². The first kappa shape index (κ1) is 19.4. The molecule has 0 aliphatic carbocycles. The van der Waals surface area contributed by atoms with Crippen LogP contribution in [-0.2, 0) is 13.1 Å². The lowest BCUT2D eigenvalue weighted by Gasteiger charge is -2.08. The van der Waals surface area contributed by atoms with Gasteiger partial charge in [-0.25, -0.2) is 9.67 Å². The van der Waals surface area contributed by atoms with E-state index >= 15 is 0 Å². The minimum absolute atomic E-state index is 0.104. The van der Waals surface area contributed by atoms with E-state index in [4.69, 9.17) is 0 Å². The number of aromatic nitrogens is 3. The van der Waals surface area contributed by atoms with Crippen LogP contribution in [0.3, 0.4) is 0 Å². The number of pyridine rings is 1. The van der Waals surface area contributed by atoms with Crippen LogP contribution in [0.4, 0.5) is 13.2 Å². The Hall–Kier alpha value is -2.32. The zero-order valence-corrected chi connectivity index (χ0v) is 15.7. The summed E-state index contributed by atoms with van der Waals surface area (Å²) in [6, 6.07) is 12.3. The fraction of sp³-hybridized carbons (Fsp3) is 0.263. The number of hydrogen-bond donors (Lipinski definition) is 1. The van der Waals surface area contributed by atoms with E-state index in [9.17, 15) is 13.2 Å². The van der Waals surface area contributed by atoms with Crippen LogP contribution in [0.2, 0.25) is 0 Å². The van der Waals surface area contributed by atoms with Crippen LogP contribution in [0.5, 0.6) is 0 Å². The Balaban J connectivity index is 1.52. The zero-order chi connectivity index (χ0) is 19.4. The van der Waals surface area contributed by atoms with Crippen LogP contribution in [0.15, 0.2) is 53.6 Å². The van der Waals surface area contributed by atoms with Gasteiger partial charge in [0.25, 0.3) is 0 Å². The SMILES string of the molecule is Cc1cc(C)n(-c2ccc(CNCc3ccc(SC(F)(F)F)cc3)cn2)n1. The average Bonchev–Trinajstić information content (AvgIpc) is 2.94. The molecule has 2 aromatic heterocycles. The van der Waals surface area contributed by atoms with Gasteiger partial charge in [-0.2, -0.15) is 18.3 Å². The highest BCUT2D eigenvalue weighted by atomic mass is 32.2. The van der Waals surface area contributed by atoms with Gasteiger partial charge >= 0.3 is 5.51 Å². The smallest absolute Gasteiger partial charge is 0.309 e. The Morgan fingerprint density at radius 3 is 2.22 bits per heavy atom. The number of nitrogens with one attached hydrogen (secondary N) is 1. The van der Waals surface area contributed by atoms with Crippen molar-refractivity contribution in [2.24, 2.45) is 0 Å². The largest absolute Gasteiger partial charge is 0.446 e. The molecule has 142 valence electrons. The number of thioether (sulfide) groups is 1. The summed E-state index contributed by atoms with van der Waals surface area (Å²) in [7, 11) is 0. The molecule has 27 heavy (non-hydrogen) atoms. The number of hydrogen-bond acceptors (Lipinski definition) is 4. The van der Waals surface area contributed by atoms with Gasteiger partial charge in [-0.15, -0.1) is 0 Å². The Bertz CT molecular complexity index is 887. The van der Waals surface area contributed by atoms with Gasteiger partial charge in [0.1, 0.15) is 0 Å². The van der Waals surface area contributed by atoms with Gasteiger partial charge in [0.05, 0.1) is 5.69 Å². The van der Waals surface area contributed by atoms with Gasteiger partial charge in [0, 0.05) is 29.9 Å². The summed E-state index contributed by atoms with van der Waals surface area (Å²) in [6.07, 6.45) is 1.79. The lowest BCUT2D eigenvalue weighted by molar-refractivity contribution is -0.0328. The van der Waals surface area contributed by atoms with E-state index in [0.29, 0.717) is 13.1 Å². The van der Waals surface area contributed by atoms with E-state index in [2.05, 4.69) is 15.4 Å². The summed E-state index contributed by atoms with van der Waals surface area (Å²) in [4.78, 5) is 4.64. The summed E-state index contributed by atoms with van der Waals surface area (Å²) < 4.78 is 38.8. The maximum absolute atomic E-state index is 12.3. The van der Waals surface area contributed by atoms with Gasteiger partial charge in [0.2, 0.25) is 0 Å². The van der Waals surface area contributed by atoms with Crippen molar-refractivity contribution in [3.8, 4) is 5.82 Å². The van der Waals surface area contributed by atoms with Crippen molar-refractivity contribution >= 4 is 11.8 Å². The highest BCUT2D eigenvalue weighted by molar-refractivity contribution is 8.00. The normalized spacial score (nSPS) is 11.7. The van der Waals surface area contributed by atoms with Gasteiger partial charge in [-0.1, -0.05) is 18.2 Å². The van der Waals surface area contributed by atoms with Gasteiger partial charge in [0.15, 0.2) is 5.82 Å². The van der Waals surface area contributed by atoms with Crippen LogP contribution in [-0.4, -0.2) is 20.3 Å². The van der Waals surface area contributed by atoms with Crippen molar-refractivity contribution in [1.29, 1.82) is 0 Å². The number of benzene rings is 1. The molecule has 0 saturated carbocycles. The van der Waals surface area contributed by atoms with Crippen molar-refractivity contribution in [3.63, 3.8) is 0 Å². The van der Waals surface area contributed by atoms with Crippen LogP contribution < -0.4 is 5.32 Å². The molecule has 0 unspecified atom stereocenters. The molecule has 2 heterocycles. The molecule has 8 heteroatoms. The van der Waals surface area contributed by atoms with E-state index in [-0.39, 0.29) is 16.7 Å². The molecule has 0 amide bonds. The molecular weight excluding hydrogens is 373 g/mol. The first-order valence-electron chi connectivity index (χ1n) is 8.34. The van der Waals surface area contributed by atoms with E-state index < -0.39 is 5.51 Å². The van der Waals surface area contributed by atoms with E-state index in [1.165, 1.54) is 12.1 Å². The highest BCUT2D eigenvalue weighted by Gasteiger charge is 2.28. The third-order valence-electron chi connectivity index (χ3n) is 3.85. The Labute approximate surface area is 159 Å². The predicted octanol–water partition coefficient (Wildman–Crippen LogP) is 4.79. The Kier molecular flexibility index (Phi) is 5.86. The molecular formula is C19H19F3N4S. The fourth-order valence-electron chi connectivity index (χ4n) is 2.67. The molecule has 0 atom stereocenters. The summed E-state index contributed by atoms with van der Waals surface area (Å²) >= 11 is -0.104. The van der Waals surface area contributed by atoms with Crippen molar-refractivity contribution in [2.45, 2.75) is 37.3 Å². The molecule has 0 spiro atoms. The summed E-state index contributed by atoms with van der Waals surface area (Å²) in [6.45, 7) is 5.10. The van der Waals surface area contributed by atoms with Crippen molar-refractivity contribution in [1.82, 2.24) is 20.1 Å². The second kappa shape index (κ2) is 8.14. The second-order valence-electron chi connectivity index (χ2n) is 6.16. The number of rotatable bonds is 6. The van der Waals surface area contributed by atoms with E-state index in [1.807, 2.05) is 32.0 Å². The molecule has 0 aliphatic heterocycles. The van der Waals surface area contributed by atoms with Crippen LogP contribution in [0.25, 0.3) is 5.82 Å². The van der Waals surface area contributed by atoms with Crippen molar-refractivity contribution in [2.75, 3.05) is 0 Å². The molecule has 0 bridgehead atoms. The lowest BCUT2D eigenvalue weighted by atomic mass is 10.2. The molecule has 1 aromatic carbocycles. The molecule has 0 fully saturated rings. The number of halogens is 3. The van der Waals surface area contributed by atoms with Crippen LogP contribution >= 0.6 is 11.8 Å². The first-order chi connectivity index (χ1) is 12.8. The Morgan fingerprint density at radius 1 is 1.00 bits per heavy atom. The number of alkyl halides is 3. The molecule has 3 rings (SSSR count). The average molecular weight is 392 g/mol. The molecule has 0 radical (unpaired) electrons. The minimum atomic E-state index is -4.26. The molecule has 0 saturated heterocycles. The molecule has 0 aliphatic rings. The van der Waals surface area contributed by atoms with Crippen molar-refractivity contribution < 1.29 is 13.2 Å². The lowest BCUT2D eigenvalue weighted by Crippen LogP contribution is -2.13. The first-order valence-corrected chi connectivity index (χ1v) is 9.16. The zero-order valence-electron chi connectivity index (χ0n) is 14.9. The maximum Gasteiger partial charge on any atom is 0.446 e. The van der Waals surface area contributed by atoms with Gasteiger partial charge < -0.3 is 5.32 Å². The fourth-order valence-corrected chi connectivity index (χ4v) is 3.21. The van der Waals surface area contributed by atoms with Crippen molar-refractivity contribution in [3.05, 3.63) is 71.2 Å². The second-order valence-corrected chi connectivity index (χ2v) is 7.30. The van der Waals surface area contributed by atoms with Crippen LogP contribution in [0.1, 0.15) is 22.5 Å². The minimum Gasteiger partial charge on any atom is -0.309 e. The van der Waals surface area contributed by atoms with Gasteiger partial charge in [-0.05, 0) is 61.0 Å². The van der Waals surface area contributed by atoms with Gasteiger partial charge in [-0.3, -0.25) is 0 Å².